The van der Waals surface area contributed by atoms with Crippen molar-refractivity contribution < 1.29 is 27.9 Å². The summed E-state index contributed by atoms with van der Waals surface area (Å²) in [5, 5.41) is 17.5. The Hall–Kier alpha value is -2.67. The molecule has 1 saturated carbocycles. The molecule has 4 rings (SSSR count). The van der Waals surface area contributed by atoms with Crippen molar-refractivity contribution in [3.63, 3.8) is 0 Å². The zero-order chi connectivity index (χ0) is 28.2. The fourth-order valence-electron chi connectivity index (χ4n) is 5.07. The molecule has 214 valence electrons. The molecule has 2 aliphatic rings. The number of para-hydroxylation sites is 1. The first-order valence-corrected chi connectivity index (χ1v) is 15.7. The summed E-state index contributed by atoms with van der Waals surface area (Å²) in [5.41, 5.74) is 0.570. The zero-order valence-corrected chi connectivity index (χ0v) is 24.3. The van der Waals surface area contributed by atoms with Gasteiger partial charge in [-0.1, -0.05) is 38.3 Å². The number of aliphatic hydroxyl groups is 1. The first-order chi connectivity index (χ1) is 18.6. The molecular formula is C27H38N4O6S2. The first-order valence-electron chi connectivity index (χ1n) is 13.4. The fraction of sp³-hybridized carbons (Fsp3) is 0.556. The number of carbonyl (C=O) groups excluding carboxylic acids is 2. The summed E-state index contributed by atoms with van der Waals surface area (Å²) in [4.78, 5) is 28.1. The summed E-state index contributed by atoms with van der Waals surface area (Å²) in [6.07, 6.45) is 4.52. The van der Waals surface area contributed by atoms with Crippen LogP contribution in [0.2, 0.25) is 0 Å². The van der Waals surface area contributed by atoms with E-state index in [1.54, 1.807) is 47.5 Å². The van der Waals surface area contributed by atoms with E-state index < -0.39 is 22.2 Å². The van der Waals surface area contributed by atoms with Crippen molar-refractivity contribution >= 4 is 39.0 Å². The van der Waals surface area contributed by atoms with Crippen molar-refractivity contribution in [2.24, 2.45) is 5.92 Å². The Morgan fingerprint density at radius 3 is 2.64 bits per heavy atom. The molecule has 0 spiro atoms. The predicted octanol–water partition coefficient (Wildman–Crippen LogP) is 3.74. The van der Waals surface area contributed by atoms with Crippen molar-refractivity contribution in [2.45, 2.75) is 68.3 Å². The van der Waals surface area contributed by atoms with Gasteiger partial charge in [-0.2, -0.15) is 4.31 Å². The first kappa shape index (κ1) is 29.3. The highest BCUT2D eigenvalue weighted by molar-refractivity contribution is 7.91. The van der Waals surface area contributed by atoms with E-state index in [1.165, 1.54) is 17.8 Å². The van der Waals surface area contributed by atoms with E-state index in [9.17, 15) is 23.1 Å². The number of amides is 3. The lowest BCUT2D eigenvalue weighted by atomic mass is 9.96. The molecule has 0 radical (unpaired) electrons. The van der Waals surface area contributed by atoms with Crippen molar-refractivity contribution in [3.05, 3.63) is 41.3 Å². The summed E-state index contributed by atoms with van der Waals surface area (Å²) in [6, 6.07) is 7.46. The largest absolute Gasteiger partial charge is 0.486 e. The number of benzene rings is 1. The van der Waals surface area contributed by atoms with Gasteiger partial charge in [-0.3, -0.25) is 4.79 Å². The molecule has 1 aromatic carbocycles. The number of carbonyl (C=O) groups is 2. The molecule has 0 saturated heterocycles. The highest BCUT2D eigenvalue weighted by Gasteiger charge is 2.36. The third-order valence-electron chi connectivity index (χ3n) is 7.48. The van der Waals surface area contributed by atoms with E-state index in [4.69, 9.17) is 4.74 Å². The third kappa shape index (κ3) is 6.74. The van der Waals surface area contributed by atoms with Crippen LogP contribution in [0.1, 0.15) is 56.3 Å². The number of fused-ring (bicyclic) bond motifs is 1. The van der Waals surface area contributed by atoms with Gasteiger partial charge in [0.1, 0.15) is 10.3 Å². The maximum atomic E-state index is 13.6. The molecule has 3 atom stereocenters. The van der Waals surface area contributed by atoms with Gasteiger partial charge in [-0.15, -0.1) is 11.3 Å². The van der Waals surface area contributed by atoms with Gasteiger partial charge in [0.25, 0.3) is 15.9 Å². The Labute approximate surface area is 234 Å². The number of nitrogens with zero attached hydrogens (tertiary/aromatic N) is 2. The molecule has 3 N–H and O–H groups in total. The smallest absolute Gasteiger partial charge is 0.319 e. The number of thiophene rings is 1. The molecule has 12 heteroatoms. The van der Waals surface area contributed by atoms with Gasteiger partial charge in [0, 0.05) is 25.6 Å². The number of hydrogen-bond donors (Lipinski definition) is 3. The molecule has 2 aromatic rings. The lowest BCUT2D eigenvalue weighted by Gasteiger charge is -2.38. The van der Waals surface area contributed by atoms with Crippen molar-refractivity contribution in [3.8, 4) is 5.75 Å². The fourth-order valence-corrected chi connectivity index (χ4v) is 7.45. The predicted molar refractivity (Wildman–Crippen MR) is 151 cm³/mol. The molecule has 0 bridgehead atoms. The van der Waals surface area contributed by atoms with E-state index in [2.05, 4.69) is 10.6 Å². The van der Waals surface area contributed by atoms with Crippen LogP contribution in [0.15, 0.2) is 39.9 Å². The van der Waals surface area contributed by atoms with Gasteiger partial charge in [0.05, 0.1) is 30.4 Å². The maximum absolute atomic E-state index is 13.6. The molecule has 2 heterocycles. The second kappa shape index (κ2) is 12.7. The van der Waals surface area contributed by atoms with E-state index in [0.717, 1.165) is 37.0 Å². The van der Waals surface area contributed by atoms with Crippen LogP contribution in [-0.4, -0.2) is 79.6 Å². The van der Waals surface area contributed by atoms with Gasteiger partial charge in [0.2, 0.25) is 0 Å². The van der Waals surface area contributed by atoms with E-state index in [1.807, 2.05) is 6.92 Å². The van der Waals surface area contributed by atoms with Crippen LogP contribution >= 0.6 is 11.3 Å². The number of rotatable bonds is 8. The lowest BCUT2D eigenvalue weighted by Crippen LogP contribution is -2.50. The topological polar surface area (TPSA) is 128 Å². The minimum absolute atomic E-state index is 0.0268. The molecule has 1 aliphatic heterocycles. The SMILES string of the molecule is C[C@H]1CN([C@@H](C)CO)C(=O)c2cccc(NC(=O)NC3CCCCC3)c2O[C@@H]1CN(C)S(=O)(=O)c1cccs1. The summed E-state index contributed by atoms with van der Waals surface area (Å²) in [6.45, 7) is 3.70. The van der Waals surface area contributed by atoms with Crippen molar-refractivity contribution in [1.29, 1.82) is 0 Å². The molecule has 3 amide bonds. The molecule has 39 heavy (non-hydrogen) atoms. The average Bonchev–Trinajstić information content (AvgIpc) is 3.47. The second-order valence-corrected chi connectivity index (χ2v) is 13.7. The van der Waals surface area contributed by atoms with Gasteiger partial charge in [-0.25, -0.2) is 13.2 Å². The van der Waals surface area contributed by atoms with Gasteiger partial charge >= 0.3 is 6.03 Å². The van der Waals surface area contributed by atoms with Crippen LogP contribution in [0.25, 0.3) is 0 Å². The highest BCUT2D eigenvalue weighted by Crippen LogP contribution is 2.35. The Kier molecular flexibility index (Phi) is 9.52. The van der Waals surface area contributed by atoms with Crippen LogP contribution in [-0.2, 0) is 10.0 Å². The van der Waals surface area contributed by atoms with Crippen LogP contribution in [0.3, 0.4) is 0 Å². The number of aliphatic hydroxyl groups excluding tert-OH is 1. The van der Waals surface area contributed by atoms with Crippen LogP contribution in [0.5, 0.6) is 5.75 Å². The van der Waals surface area contributed by atoms with E-state index in [-0.39, 0.29) is 59.1 Å². The number of anilines is 1. The van der Waals surface area contributed by atoms with E-state index in [0.29, 0.717) is 5.69 Å². The van der Waals surface area contributed by atoms with Crippen LogP contribution in [0.4, 0.5) is 10.5 Å². The second-order valence-electron chi connectivity index (χ2n) is 10.5. The Morgan fingerprint density at radius 1 is 1.23 bits per heavy atom. The monoisotopic (exact) mass is 578 g/mol. The van der Waals surface area contributed by atoms with Gasteiger partial charge in [-0.05, 0) is 43.3 Å². The summed E-state index contributed by atoms with van der Waals surface area (Å²) >= 11 is 1.14. The highest BCUT2D eigenvalue weighted by atomic mass is 32.2. The minimum Gasteiger partial charge on any atom is -0.486 e. The van der Waals surface area contributed by atoms with Crippen LogP contribution in [0, 0.1) is 5.92 Å². The normalized spacial score (nSPS) is 21.5. The van der Waals surface area contributed by atoms with E-state index >= 15 is 0 Å². The zero-order valence-electron chi connectivity index (χ0n) is 22.6. The van der Waals surface area contributed by atoms with Crippen LogP contribution < -0.4 is 15.4 Å². The number of ether oxygens (including phenoxy) is 1. The Morgan fingerprint density at radius 2 is 1.97 bits per heavy atom. The standard InChI is InChI=1S/C27H38N4O6S2/c1-18-15-31(19(2)17-32)26(33)21-11-7-12-22(29-27(34)28-20-9-5-4-6-10-20)25(21)37-23(18)16-30(3)39(35,36)24-13-8-14-38-24/h7-8,11-14,18-20,23,32H,4-6,9-10,15-17H2,1-3H3,(H2,28,29,34)/t18-,19-,23+/m0/s1. The van der Waals surface area contributed by atoms with Gasteiger partial charge < -0.3 is 25.4 Å². The summed E-state index contributed by atoms with van der Waals surface area (Å²) in [5.74, 6) is -0.427. The summed E-state index contributed by atoms with van der Waals surface area (Å²) in [7, 11) is -2.23. The number of nitrogens with one attached hydrogen (secondary N) is 2. The summed E-state index contributed by atoms with van der Waals surface area (Å²) < 4.78 is 34.2. The van der Waals surface area contributed by atoms with Crippen molar-refractivity contribution in [2.75, 3.05) is 32.1 Å². The lowest BCUT2D eigenvalue weighted by molar-refractivity contribution is 0.0389. The molecular weight excluding hydrogens is 540 g/mol. The number of urea groups is 1. The number of hydrogen-bond acceptors (Lipinski definition) is 7. The minimum atomic E-state index is -3.74. The number of likely N-dealkylation sites (N-methyl/N-ethyl adjacent to an activating group) is 1. The van der Waals surface area contributed by atoms with Crippen molar-refractivity contribution in [1.82, 2.24) is 14.5 Å². The molecule has 10 nitrogen and oxygen atoms in total. The molecule has 1 aliphatic carbocycles. The van der Waals surface area contributed by atoms with Gasteiger partial charge in [0.15, 0.2) is 5.75 Å². The average molecular weight is 579 g/mol. The number of sulfonamides is 1. The Balaban J connectivity index is 1.65. The molecule has 1 aromatic heterocycles. The quantitative estimate of drug-likeness (QED) is 0.438. The third-order valence-corrected chi connectivity index (χ3v) is 10.7. The maximum Gasteiger partial charge on any atom is 0.319 e. The Bertz CT molecular complexity index is 1250. The molecule has 0 unspecified atom stereocenters. The molecule has 1 fully saturated rings.